The van der Waals surface area contributed by atoms with Crippen molar-refractivity contribution in [1.29, 1.82) is 0 Å². The number of likely N-dealkylation sites (tertiary alicyclic amines) is 1. The molecule has 168 valence electrons. The SMILES string of the molecule is COc1cc(CCC(=O)N2CCCC[C@@H]2c2nc3c(c(=O)[nH]2)CCN(C(C)C)C3)on1. The highest BCUT2D eigenvalue weighted by Gasteiger charge is 2.31. The average Bonchev–Trinajstić information content (AvgIpc) is 3.25. The molecule has 0 radical (unpaired) electrons. The van der Waals surface area contributed by atoms with Crippen molar-refractivity contribution < 1.29 is 14.1 Å². The second-order valence-electron chi connectivity index (χ2n) is 8.62. The minimum atomic E-state index is -0.196. The van der Waals surface area contributed by atoms with Gasteiger partial charge in [-0.25, -0.2) is 4.98 Å². The van der Waals surface area contributed by atoms with Crippen LogP contribution in [-0.2, 0) is 24.2 Å². The molecule has 0 aromatic carbocycles. The lowest BCUT2D eigenvalue weighted by Gasteiger charge is -2.36. The fraction of sp³-hybridized carbons (Fsp3) is 0.636. The quantitative estimate of drug-likeness (QED) is 0.751. The van der Waals surface area contributed by atoms with E-state index in [1.165, 1.54) is 7.11 Å². The van der Waals surface area contributed by atoms with Crippen molar-refractivity contribution in [3.63, 3.8) is 0 Å². The molecule has 4 heterocycles. The first kappa shape index (κ1) is 21.5. The van der Waals surface area contributed by atoms with E-state index in [4.69, 9.17) is 14.2 Å². The van der Waals surface area contributed by atoms with E-state index in [9.17, 15) is 9.59 Å². The number of hydrogen-bond acceptors (Lipinski definition) is 7. The Morgan fingerprint density at radius 2 is 2.19 bits per heavy atom. The van der Waals surface area contributed by atoms with Crippen molar-refractivity contribution in [1.82, 2.24) is 24.9 Å². The maximum absolute atomic E-state index is 13.1. The summed E-state index contributed by atoms with van der Waals surface area (Å²) in [6.07, 6.45) is 4.24. The lowest BCUT2D eigenvalue weighted by atomic mass is 9.99. The van der Waals surface area contributed by atoms with Crippen molar-refractivity contribution in [2.75, 3.05) is 20.2 Å². The maximum atomic E-state index is 13.1. The van der Waals surface area contributed by atoms with Gasteiger partial charge in [-0.05, 0) is 44.7 Å². The van der Waals surface area contributed by atoms with Gasteiger partial charge in [0.15, 0.2) is 0 Å². The summed E-state index contributed by atoms with van der Waals surface area (Å²) in [6, 6.07) is 1.90. The Hall–Kier alpha value is -2.68. The number of nitrogens with zero attached hydrogens (tertiary/aromatic N) is 4. The molecule has 1 saturated heterocycles. The van der Waals surface area contributed by atoms with Crippen LogP contribution in [0.25, 0.3) is 0 Å². The summed E-state index contributed by atoms with van der Waals surface area (Å²) in [5.41, 5.74) is 1.58. The van der Waals surface area contributed by atoms with Crippen molar-refractivity contribution >= 4 is 5.91 Å². The van der Waals surface area contributed by atoms with Crippen LogP contribution in [0.3, 0.4) is 0 Å². The van der Waals surface area contributed by atoms with E-state index in [1.807, 2.05) is 4.90 Å². The fourth-order valence-electron chi connectivity index (χ4n) is 4.47. The summed E-state index contributed by atoms with van der Waals surface area (Å²) in [5.74, 6) is 1.67. The molecule has 0 unspecified atom stereocenters. The van der Waals surface area contributed by atoms with E-state index in [2.05, 4.69) is 28.9 Å². The largest absolute Gasteiger partial charge is 0.479 e. The second kappa shape index (κ2) is 9.21. The Kier molecular flexibility index (Phi) is 6.41. The van der Waals surface area contributed by atoms with Crippen LogP contribution < -0.4 is 10.3 Å². The molecular weight excluding hydrogens is 398 g/mol. The van der Waals surface area contributed by atoms with Gasteiger partial charge in [0.1, 0.15) is 11.6 Å². The molecule has 1 amide bonds. The van der Waals surface area contributed by atoms with Crippen LogP contribution in [0.2, 0.25) is 0 Å². The molecule has 4 rings (SSSR count). The first-order valence-electron chi connectivity index (χ1n) is 11.1. The number of aromatic nitrogens is 3. The number of amides is 1. The molecule has 1 N–H and O–H groups in total. The molecule has 2 aliphatic heterocycles. The number of aryl methyl sites for hydroxylation is 1. The number of methoxy groups -OCH3 is 1. The van der Waals surface area contributed by atoms with Gasteiger partial charge in [0.05, 0.1) is 18.8 Å². The van der Waals surface area contributed by atoms with Gasteiger partial charge in [-0.2, -0.15) is 0 Å². The van der Waals surface area contributed by atoms with E-state index in [1.54, 1.807) is 6.07 Å². The predicted octanol–water partition coefficient (Wildman–Crippen LogP) is 2.22. The van der Waals surface area contributed by atoms with Gasteiger partial charge in [0, 0.05) is 50.1 Å². The van der Waals surface area contributed by atoms with Crippen LogP contribution >= 0.6 is 0 Å². The molecule has 2 aromatic rings. The average molecular weight is 430 g/mol. The van der Waals surface area contributed by atoms with Crippen LogP contribution in [0.5, 0.6) is 5.88 Å². The zero-order valence-electron chi connectivity index (χ0n) is 18.5. The summed E-state index contributed by atoms with van der Waals surface area (Å²) < 4.78 is 10.2. The number of nitrogens with one attached hydrogen (secondary N) is 1. The lowest BCUT2D eigenvalue weighted by Crippen LogP contribution is -2.42. The van der Waals surface area contributed by atoms with Crippen molar-refractivity contribution in [3.8, 4) is 5.88 Å². The number of rotatable bonds is 6. The first-order valence-corrected chi connectivity index (χ1v) is 11.1. The highest BCUT2D eigenvalue weighted by Crippen LogP contribution is 2.30. The molecule has 0 spiro atoms. The molecule has 0 aliphatic carbocycles. The van der Waals surface area contributed by atoms with E-state index >= 15 is 0 Å². The summed E-state index contributed by atoms with van der Waals surface area (Å²) in [7, 11) is 1.53. The number of carbonyl (C=O) groups is 1. The molecule has 9 nitrogen and oxygen atoms in total. The van der Waals surface area contributed by atoms with Crippen LogP contribution in [0, 0.1) is 0 Å². The molecule has 0 saturated carbocycles. The van der Waals surface area contributed by atoms with Crippen LogP contribution in [-0.4, -0.2) is 57.1 Å². The molecule has 1 fully saturated rings. The molecule has 2 aliphatic rings. The molecular formula is C22H31N5O4. The van der Waals surface area contributed by atoms with Crippen molar-refractivity contribution in [2.45, 2.75) is 71.0 Å². The summed E-state index contributed by atoms with van der Waals surface area (Å²) in [6.45, 7) is 6.53. The summed E-state index contributed by atoms with van der Waals surface area (Å²) in [5, 5.41) is 3.78. The standard InChI is InChI=1S/C22H31N5O4/c1-14(2)26-11-9-16-17(13-26)23-21(24-22(16)29)18-6-4-5-10-27(18)20(28)8-7-15-12-19(30-3)25-31-15/h12,14,18H,4-11,13H2,1-3H3,(H,23,24,29)/t18-/m1/s1. The smallest absolute Gasteiger partial charge is 0.254 e. The summed E-state index contributed by atoms with van der Waals surface area (Å²) in [4.78, 5) is 37.9. The number of hydrogen-bond donors (Lipinski definition) is 1. The fourth-order valence-corrected chi connectivity index (χ4v) is 4.47. The predicted molar refractivity (Wildman–Crippen MR) is 114 cm³/mol. The van der Waals surface area contributed by atoms with Gasteiger partial charge in [-0.15, -0.1) is 0 Å². The Labute approximate surface area is 181 Å². The zero-order valence-corrected chi connectivity index (χ0v) is 18.5. The number of piperidine rings is 1. The van der Waals surface area contributed by atoms with Crippen LogP contribution in [0.4, 0.5) is 0 Å². The maximum Gasteiger partial charge on any atom is 0.254 e. The Balaban J connectivity index is 1.51. The number of fused-ring (bicyclic) bond motifs is 1. The highest BCUT2D eigenvalue weighted by atomic mass is 16.5. The van der Waals surface area contributed by atoms with E-state index < -0.39 is 0 Å². The lowest BCUT2D eigenvalue weighted by molar-refractivity contribution is -0.135. The second-order valence-corrected chi connectivity index (χ2v) is 8.62. The van der Waals surface area contributed by atoms with Gasteiger partial charge in [-0.3, -0.25) is 14.5 Å². The number of ether oxygens (including phenoxy) is 1. The number of carbonyl (C=O) groups excluding carboxylic acids is 1. The normalized spacial score (nSPS) is 19.5. The molecule has 1 atom stereocenters. The minimum Gasteiger partial charge on any atom is -0.479 e. The number of H-pyrrole nitrogens is 1. The van der Waals surface area contributed by atoms with E-state index in [0.29, 0.717) is 55.9 Å². The Morgan fingerprint density at radius 3 is 2.94 bits per heavy atom. The van der Waals surface area contributed by atoms with Crippen LogP contribution in [0.1, 0.15) is 68.4 Å². The third kappa shape index (κ3) is 4.66. The van der Waals surface area contributed by atoms with Gasteiger partial charge >= 0.3 is 0 Å². The van der Waals surface area contributed by atoms with E-state index in [-0.39, 0.29) is 17.5 Å². The number of aromatic amines is 1. The highest BCUT2D eigenvalue weighted by molar-refractivity contribution is 5.77. The Bertz CT molecular complexity index is 983. The van der Waals surface area contributed by atoms with Gasteiger partial charge in [0.25, 0.3) is 11.4 Å². The molecule has 0 bridgehead atoms. The van der Waals surface area contributed by atoms with E-state index in [0.717, 1.165) is 37.1 Å². The molecule has 2 aromatic heterocycles. The third-order valence-corrected chi connectivity index (χ3v) is 6.32. The zero-order chi connectivity index (χ0) is 22.0. The minimum absolute atomic E-state index is 0.0317. The summed E-state index contributed by atoms with van der Waals surface area (Å²) >= 11 is 0. The molecule has 9 heteroatoms. The topological polar surface area (TPSA) is 105 Å². The Morgan fingerprint density at radius 1 is 1.35 bits per heavy atom. The molecule has 31 heavy (non-hydrogen) atoms. The van der Waals surface area contributed by atoms with Crippen LogP contribution in [0.15, 0.2) is 15.4 Å². The van der Waals surface area contributed by atoms with Crippen molar-refractivity contribution in [3.05, 3.63) is 39.3 Å². The monoisotopic (exact) mass is 429 g/mol. The van der Waals surface area contributed by atoms with Gasteiger partial charge < -0.3 is 19.1 Å². The van der Waals surface area contributed by atoms with Gasteiger partial charge in [-0.1, -0.05) is 0 Å². The first-order chi connectivity index (χ1) is 15.0. The third-order valence-electron chi connectivity index (χ3n) is 6.32. The van der Waals surface area contributed by atoms with Gasteiger partial charge in [0.2, 0.25) is 5.91 Å². The van der Waals surface area contributed by atoms with Crippen molar-refractivity contribution in [2.24, 2.45) is 0 Å².